The smallest absolute Gasteiger partial charge is 0.252 e. The van der Waals surface area contributed by atoms with Crippen molar-refractivity contribution in [2.75, 3.05) is 13.2 Å². The second kappa shape index (κ2) is 5.36. The lowest BCUT2D eigenvalue weighted by molar-refractivity contribution is -0.140. The van der Waals surface area contributed by atoms with Gasteiger partial charge in [-0.25, -0.2) is 0 Å². The van der Waals surface area contributed by atoms with Crippen LogP contribution in [0.25, 0.3) is 0 Å². The van der Waals surface area contributed by atoms with Gasteiger partial charge in [0.2, 0.25) is 0 Å². The van der Waals surface area contributed by atoms with E-state index >= 15 is 0 Å². The molecule has 2 N–H and O–H groups in total. The van der Waals surface area contributed by atoms with Crippen molar-refractivity contribution in [3.63, 3.8) is 0 Å². The van der Waals surface area contributed by atoms with Crippen molar-refractivity contribution in [3.05, 3.63) is 0 Å². The van der Waals surface area contributed by atoms with E-state index in [-0.39, 0.29) is 11.9 Å². The van der Waals surface area contributed by atoms with Crippen LogP contribution in [0.15, 0.2) is 0 Å². The predicted molar refractivity (Wildman–Crippen MR) is 66.8 cm³/mol. The zero-order valence-electron chi connectivity index (χ0n) is 10.9. The lowest BCUT2D eigenvalue weighted by atomic mass is 9.97. The molecular formula is C13H24N2O2. The molecule has 2 heterocycles. The molecular weight excluding hydrogens is 216 g/mol. The molecule has 0 aromatic heterocycles. The Hall–Kier alpha value is -0.610. The highest BCUT2D eigenvalue weighted by Gasteiger charge is 2.38. The van der Waals surface area contributed by atoms with Gasteiger partial charge in [-0.1, -0.05) is 6.42 Å². The molecule has 2 aliphatic rings. The van der Waals surface area contributed by atoms with E-state index in [0.29, 0.717) is 12.6 Å². The molecule has 2 fully saturated rings. The number of ether oxygens (including phenoxy) is 1. The monoisotopic (exact) mass is 240 g/mol. The number of piperidine rings is 1. The Balaban J connectivity index is 1.84. The van der Waals surface area contributed by atoms with E-state index in [4.69, 9.17) is 4.74 Å². The van der Waals surface area contributed by atoms with Crippen molar-refractivity contribution >= 4 is 5.91 Å². The van der Waals surface area contributed by atoms with Crippen molar-refractivity contribution in [3.8, 4) is 0 Å². The number of rotatable bonds is 3. The van der Waals surface area contributed by atoms with E-state index in [1.165, 1.54) is 12.8 Å². The first-order valence-corrected chi connectivity index (χ1v) is 6.80. The van der Waals surface area contributed by atoms with Crippen LogP contribution in [0.5, 0.6) is 0 Å². The van der Waals surface area contributed by atoms with Crippen LogP contribution in [-0.4, -0.2) is 36.7 Å². The molecule has 3 unspecified atom stereocenters. The van der Waals surface area contributed by atoms with Gasteiger partial charge >= 0.3 is 0 Å². The Kier molecular flexibility index (Phi) is 4.05. The molecule has 1 amide bonds. The minimum atomic E-state index is -0.594. The van der Waals surface area contributed by atoms with Crippen molar-refractivity contribution < 1.29 is 9.53 Å². The summed E-state index contributed by atoms with van der Waals surface area (Å²) in [5, 5.41) is 6.58. The summed E-state index contributed by atoms with van der Waals surface area (Å²) in [7, 11) is 0. The fraction of sp³-hybridized carbons (Fsp3) is 0.923. The third-order valence-electron chi connectivity index (χ3n) is 4.01. The molecule has 0 saturated carbocycles. The van der Waals surface area contributed by atoms with Gasteiger partial charge in [0.1, 0.15) is 5.60 Å². The average molecular weight is 240 g/mol. The third kappa shape index (κ3) is 2.99. The van der Waals surface area contributed by atoms with E-state index in [0.717, 1.165) is 25.8 Å². The fourth-order valence-corrected chi connectivity index (χ4v) is 2.72. The largest absolute Gasteiger partial charge is 0.365 e. The van der Waals surface area contributed by atoms with Crippen LogP contribution >= 0.6 is 0 Å². The first kappa shape index (κ1) is 12.8. The van der Waals surface area contributed by atoms with Crippen LogP contribution < -0.4 is 10.6 Å². The van der Waals surface area contributed by atoms with Crippen molar-refractivity contribution in [2.45, 2.75) is 63.6 Å². The summed E-state index contributed by atoms with van der Waals surface area (Å²) < 4.78 is 5.56. The minimum Gasteiger partial charge on any atom is -0.365 e. The number of hydrogen-bond donors (Lipinski definition) is 2. The van der Waals surface area contributed by atoms with Gasteiger partial charge in [0, 0.05) is 18.7 Å². The molecule has 2 aliphatic heterocycles. The quantitative estimate of drug-likeness (QED) is 0.779. The van der Waals surface area contributed by atoms with E-state index in [1.807, 2.05) is 6.92 Å². The van der Waals surface area contributed by atoms with E-state index in [2.05, 4.69) is 17.6 Å². The second-order valence-corrected chi connectivity index (χ2v) is 5.50. The Morgan fingerprint density at radius 2 is 2.29 bits per heavy atom. The zero-order valence-corrected chi connectivity index (χ0v) is 10.9. The Morgan fingerprint density at radius 3 is 2.88 bits per heavy atom. The minimum absolute atomic E-state index is 0.0508. The Morgan fingerprint density at radius 1 is 1.47 bits per heavy atom. The average Bonchev–Trinajstić information content (AvgIpc) is 2.78. The molecule has 4 heteroatoms. The van der Waals surface area contributed by atoms with Gasteiger partial charge in [-0.15, -0.1) is 0 Å². The number of carbonyl (C=O) groups is 1. The van der Waals surface area contributed by atoms with Crippen LogP contribution in [0.1, 0.15) is 46.0 Å². The molecule has 17 heavy (non-hydrogen) atoms. The first-order valence-electron chi connectivity index (χ1n) is 6.80. The molecule has 0 aromatic rings. The molecule has 2 saturated heterocycles. The molecule has 4 nitrogen and oxygen atoms in total. The van der Waals surface area contributed by atoms with Gasteiger partial charge < -0.3 is 15.4 Å². The molecule has 0 radical (unpaired) electrons. The highest BCUT2D eigenvalue weighted by atomic mass is 16.5. The summed E-state index contributed by atoms with van der Waals surface area (Å²) in [5.41, 5.74) is -0.594. The normalized spacial score (nSPS) is 35.5. The van der Waals surface area contributed by atoms with Crippen molar-refractivity contribution in [1.29, 1.82) is 0 Å². The van der Waals surface area contributed by atoms with Gasteiger partial charge in [0.05, 0.1) is 0 Å². The topological polar surface area (TPSA) is 50.4 Å². The Labute approximate surface area is 103 Å². The molecule has 98 valence electrons. The van der Waals surface area contributed by atoms with Gasteiger partial charge in [-0.2, -0.15) is 0 Å². The maximum Gasteiger partial charge on any atom is 0.252 e. The van der Waals surface area contributed by atoms with Crippen molar-refractivity contribution in [1.82, 2.24) is 10.6 Å². The first-order chi connectivity index (χ1) is 8.12. The molecule has 3 atom stereocenters. The number of amides is 1. The lowest BCUT2D eigenvalue weighted by Gasteiger charge is -2.32. The predicted octanol–water partition coefficient (Wildman–Crippen LogP) is 1.20. The maximum atomic E-state index is 12.2. The molecule has 0 aromatic carbocycles. The fourth-order valence-electron chi connectivity index (χ4n) is 2.72. The van der Waals surface area contributed by atoms with Crippen LogP contribution in [0.2, 0.25) is 0 Å². The SMILES string of the molecule is CC(NC(=O)C1(C)CCCO1)C1CCCCN1. The molecule has 0 aliphatic carbocycles. The summed E-state index contributed by atoms with van der Waals surface area (Å²) in [4.78, 5) is 12.2. The van der Waals surface area contributed by atoms with Crippen LogP contribution in [0.3, 0.4) is 0 Å². The Bertz CT molecular complexity index is 269. The van der Waals surface area contributed by atoms with Crippen molar-refractivity contribution in [2.24, 2.45) is 0 Å². The summed E-state index contributed by atoms with van der Waals surface area (Å²) in [6.07, 6.45) is 5.48. The van der Waals surface area contributed by atoms with Gasteiger partial charge in [-0.3, -0.25) is 4.79 Å². The highest BCUT2D eigenvalue weighted by molar-refractivity contribution is 5.85. The number of hydrogen-bond acceptors (Lipinski definition) is 3. The highest BCUT2D eigenvalue weighted by Crippen LogP contribution is 2.25. The van der Waals surface area contributed by atoms with Crippen LogP contribution in [0, 0.1) is 0 Å². The zero-order chi connectivity index (χ0) is 12.3. The third-order valence-corrected chi connectivity index (χ3v) is 4.01. The van der Waals surface area contributed by atoms with Gasteiger partial charge in [-0.05, 0) is 46.1 Å². The van der Waals surface area contributed by atoms with E-state index in [9.17, 15) is 4.79 Å². The number of nitrogens with one attached hydrogen (secondary N) is 2. The van der Waals surface area contributed by atoms with Crippen LogP contribution in [-0.2, 0) is 9.53 Å². The number of carbonyl (C=O) groups excluding carboxylic acids is 1. The van der Waals surface area contributed by atoms with Crippen LogP contribution in [0.4, 0.5) is 0 Å². The summed E-state index contributed by atoms with van der Waals surface area (Å²) in [6, 6.07) is 0.599. The van der Waals surface area contributed by atoms with Gasteiger partial charge in [0.15, 0.2) is 0 Å². The molecule has 0 spiro atoms. The van der Waals surface area contributed by atoms with E-state index < -0.39 is 5.60 Å². The van der Waals surface area contributed by atoms with Gasteiger partial charge in [0.25, 0.3) is 5.91 Å². The second-order valence-electron chi connectivity index (χ2n) is 5.50. The maximum absolute atomic E-state index is 12.2. The summed E-state index contributed by atoms with van der Waals surface area (Å²) in [5.74, 6) is 0.0508. The lowest BCUT2D eigenvalue weighted by Crippen LogP contribution is -2.54. The summed E-state index contributed by atoms with van der Waals surface area (Å²) in [6.45, 7) is 5.76. The standard InChI is InChI=1S/C13H24N2O2/c1-10(11-6-3-4-8-14-11)15-12(16)13(2)7-5-9-17-13/h10-11,14H,3-9H2,1-2H3,(H,15,16). The summed E-state index contributed by atoms with van der Waals surface area (Å²) >= 11 is 0. The molecule has 0 bridgehead atoms. The van der Waals surface area contributed by atoms with E-state index in [1.54, 1.807) is 0 Å². The molecule has 2 rings (SSSR count).